The van der Waals surface area contributed by atoms with Crippen LogP contribution in [0.3, 0.4) is 0 Å². The molecule has 2 bridgehead atoms. The van der Waals surface area contributed by atoms with E-state index in [1.165, 1.54) is 29.4 Å². The third-order valence-electron chi connectivity index (χ3n) is 7.58. The van der Waals surface area contributed by atoms with Crippen molar-refractivity contribution in [1.82, 2.24) is 28.9 Å². The number of aryl methyl sites for hydroxylation is 1. The molecule has 5 aromatic rings. The number of alkyl halides is 2. The van der Waals surface area contributed by atoms with E-state index in [-0.39, 0.29) is 22.8 Å². The molecule has 2 unspecified atom stereocenters. The number of benzene rings is 1. The van der Waals surface area contributed by atoms with Crippen molar-refractivity contribution in [2.75, 3.05) is 5.32 Å². The predicted octanol–water partition coefficient (Wildman–Crippen LogP) is 6.06. The molecule has 1 aliphatic rings. The summed E-state index contributed by atoms with van der Waals surface area (Å²) >= 11 is 6.37. The van der Waals surface area contributed by atoms with Crippen molar-refractivity contribution >= 4 is 34.1 Å². The smallest absolute Gasteiger partial charge is 0.333 e. The number of aromatic nitrogens is 6. The molecule has 9 nitrogen and oxygen atoms in total. The van der Waals surface area contributed by atoms with Crippen LogP contribution in [0.25, 0.3) is 33.4 Å². The Bertz CT molecular complexity index is 1840. The maximum Gasteiger partial charge on any atom is 0.333 e. The van der Waals surface area contributed by atoms with E-state index >= 15 is 0 Å². The van der Waals surface area contributed by atoms with E-state index in [4.69, 9.17) is 11.6 Å². The first kappa shape index (κ1) is 26.8. The van der Waals surface area contributed by atoms with Gasteiger partial charge in [0, 0.05) is 53.0 Å². The Kier molecular flexibility index (Phi) is 6.90. The first-order valence-electron chi connectivity index (χ1n) is 13.2. The first-order valence-corrected chi connectivity index (χ1v) is 13.5. The van der Waals surface area contributed by atoms with Gasteiger partial charge >= 0.3 is 6.55 Å². The Balaban J connectivity index is 1.47. The first-order chi connectivity index (χ1) is 19.7. The van der Waals surface area contributed by atoms with Crippen LogP contribution in [0.5, 0.6) is 0 Å². The Hall–Kier alpha value is -4.38. The second-order valence-electron chi connectivity index (χ2n) is 10.3. The highest BCUT2D eigenvalue weighted by Gasteiger charge is 2.26. The van der Waals surface area contributed by atoms with E-state index in [2.05, 4.69) is 20.4 Å². The zero-order valence-corrected chi connectivity index (χ0v) is 23.0. The molecule has 0 spiro atoms. The van der Waals surface area contributed by atoms with Crippen LogP contribution in [0.1, 0.15) is 44.5 Å². The molecule has 12 heteroatoms. The number of hydrogen-bond donors (Lipinski definition) is 1. The van der Waals surface area contributed by atoms with Crippen molar-refractivity contribution in [2.24, 2.45) is 13.0 Å². The quantitative estimate of drug-likeness (QED) is 0.281. The number of carbonyl (C=O) groups is 1. The molecular formula is C29H26ClF2N7O2. The molecule has 0 fully saturated rings. The largest absolute Gasteiger partial charge is 0.350 e. The van der Waals surface area contributed by atoms with Gasteiger partial charge in [0.1, 0.15) is 0 Å². The van der Waals surface area contributed by atoms with Crippen LogP contribution in [0, 0.1) is 5.92 Å². The van der Waals surface area contributed by atoms with Gasteiger partial charge in [-0.05, 0) is 43.2 Å². The van der Waals surface area contributed by atoms with Crippen molar-refractivity contribution < 1.29 is 13.6 Å². The number of fused-ring (bicyclic) bond motifs is 5. The molecule has 1 N–H and O–H groups in total. The lowest BCUT2D eigenvalue weighted by atomic mass is 9.97. The summed E-state index contributed by atoms with van der Waals surface area (Å²) in [6, 6.07) is 9.76. The minimum atomic E-state index is -2.92. The normalized spacial score (nSPS) is 17.7. The van der Waals surface area contributed by atoms with Gasteiger partial charge in [-0.25, -0.2) is 9.67 Å². The van der Waals surface area contributed by atoms with E-state index in [1.807, 2.05) is 29.9 Å². The van der Waals surface area contributed by atoms with Crippen LogP contribution in [-0.2, 0) is 11.8 Å². The molecule has 0 radical (unpaired) electrons. The second-order valence-corrected chi connectivity index (χ2v) is 10.7. The van der Waals surface area contributed by atoms with E-state index in [1.54, 1.807) is 25.1 Å². The topological polar surface area (TPSA) is 99.6 Å². The summed E-state index contributed by atoms with van der Waals surface area (Å²) in [6.07, 6.45) is 7.75. The minimum Gasteiger partial charge on any atom is -0.350 e. The van der Waals surface area contributed by atoms with Crippen LogP contribution >= 0.6 is 11.6 Å². The number of halogens is 3. The maximum absolute atomic E-state index is 13.9. The Labute approximate surface area is 238 Å². The average molecular weight is 578 g/mol. The number of amides is 1. The lowest BCUT2D eigenvalue weighted by Gasteiger charge is -2.22. The van der Waals surface area contributed by atoms with Crippen LogP contribution < -0.4 is 10.9 Å². The lowest BCUT2D eigenvalue weighted by Crippen LogP contribution is -2.27. The van der Waals surface area contributed by atoms with Gasteiger partial charge in [0.05, 0.1) is 46.9 Å². The van der Waals surface area contributed by atoms with Crippen LogP contribution in [0.4, 0.5) is 14.5 Å². The van der Waals surface area contributed by atoms with Gasteiger partial charge in [-0.3, -0.25) is 19.1 Å². The monoisotopic (exact) mass is 577 g/mol. The summed E-state index contributed by atoms with van der Waals surface area (Å²) in [4.78, 5) is 35.7. The molecule has 0 aliphatic carbocycles. The molecule has 2 atom stereocenters. The van der Waals surface area contributed by atoms with Gasteiger partial charge in [0.25, 0.3) is 5.56 Å². The Morgan fingerprint density at radius 1 is 1.10 bits per heavy atom. The maximum atomic E-state index is 13.9. The standard InChI is InChI=1S/C29H26ClF2N7O2/c1-16-4-3-5-24(22-11-17(6-8-33-22)27-23(36-28(16)41)14-35-39(27)29(31)32)38-15-34-21(13-25(38)40)20-12-19(30)10-18-7-9-37(2)26(18)20/h6-16,24,29H,3-5H2,1-2H3,(H,36,41). The predicted molar refractivity (Wildman–Crippen MR) is 152 cm³/mol. The summed E-state index contributed by atoms with van der Waals surface area (Å²) in [5.74, 6) is -0.681. The number of pyridine rings is 1. The van der Waals surface area contributed by atoms with Crippen molar-refractivity contribution in [2.45, 2.75) is 38.8 Å². The fourth-order valence-electron chi connectivity index (χ4n) is 5.50. The molecule has 0 saturated carbocycles. The highest BCUT2D eigenvalue weighted by Crippen LogP contribution is 2.35. The van der Waals surface area contributed by atoms with Gasteiger partial charge < -0.3 is 9.88 Å². The van der Waals surface area contributed by atoms with Crippen LogP contribution in [-0.4, -0.2) is 34.8 Å². The van der Waals surface area contributed by atoms with E-state index in [0.717, 1.165) is 16.5 Å². The molecule has 41 heavy (non-hydrogen) atoms. The third kappa shape index (κ3) is 4.90. The zero-order chi connectivity index (χ0) is 28.8. The number of hydrogen-bond acceptors (Lipinski definition) is 5. The Morgan fingerprint density at radius 3 is 2.71 bits per heavy atom. The van der Waals surface area contributed by atoms with Gasteiger partial charge in [-0.15, -0.1) is 0 Å². The zero-order valence-electron chi connectivity index (χ0n) is 22.3. The number of rotatable bonds is 3. The van der Waals surface area contributed by atoms with Crippen molar-refractivity contribution in [3.8, 4) is 22.5 Å². The van der Waals surface area contributed by atoms with Gasteiger partial charge in [0.2, 0.25) is 5.91 Å². The van der Waals surface area contributed by atoms with Gasteiger partial charge in [-0.1, -0.05) is 24.9 Å². The van der Waals surface area contributed by atoms with Crippen LogP contribution in [0.15, 0.2) is 66.1 Å². The molecule has 4 aromatic heterocycles. The Morgan fingerprint density at radius 2 is 1.93 bits per heavy atom. The van der Waals surface area contributed by atoms with E-state index in [0.29, 0.717) is 45.9 Å². The van der Waals surface area contributed by atoms with Crippen molar-refractivity contribution in [3.63, 3.8) is 0 Å². The summed E-state index contributed by atoms with van der Waals surface area (Å²) in [7, 11) is 1.91. The average Bonchev–Trinajstić information content (AvgIpc) is 3.54. The number of carbonyl (C=O) groups excluding carboxylic acids is 1. The lowest BCUT2D eigenvalue weighted by molar-refractivity contribution is -0.119. The summed E-state index contributed by atoms with van der Waals surface area (Å²) in [5, 5.41) is 8.03. The number of nitrogens with zero attached hydrogens (tertiary/aromatic N) is 6. The molecule has 1 amide bonds. The highest BCUT2D eigenvalue weighted by atomic mass is 35.5. The molecule has 5 heterocycles. The number of nitrogens with one attached hydrogen (secondary N) is 1. The summed E-state index contributed by atoms with van der Waals surface area (Å²) < 4.78 is 31.8. The summed E-state index contributed by atoms with van der Waals surface area (Å²) in [6.45, 7) is -1.14. The van der Waals surface area contributed by atoms with Crippen LogP contribution in [0.2, 0.25) is 5.02 Å². The van der Waals surface area contributed by atoms with E-state index < -0.39 is 18.5 Å². The summed E-state index contributed by atoms with van der Waals surface area (Å²) in [5.41, 5.74) is 2.97. The molecular weight excluding hydrogens is 552 g/mol. The van der Waals surface area contributed by atoms with Gasteiger partial charge in [-0.2, -0.15) is 13.9 Å². The SMILES string of the molecule is CC1CCCC(n2cnc(-c3cc(Cl)cc4ccn(C)c34)cc2=O)c2cc(ccn2)-c2c(cnn2C(F)F)NC1=O. The van der Waals surface area contributed by atoms with E-state index in [9.17, 15) is 18.4 Å². The highest BCUT2D eigenvalue weighted by molar-refractivity contribution is 6.32. The molecule has 1 aromatic carbocycles. The fraction of sp³-hybridized carbons (Fsp3) is 0.276. The fourth-order valence-corrected chi connectivity index (χ4v) is 5.72. The molecule has 6 rings (SSSR count). The number of anilines is 1. The molecule has 0 saturated heterocycles. The second kappa shape index (κ2) is 10.5. The van der Waals surface area contributed by atoms with Crippen molar-refractivity contribution in [3.05, 3.63) is 82.4 Å². The van der Waals surface area contributed by atoms with Gasteiger partial charge in [0.15, 0.2) is 0 Å². The third-order valence-corrected chi connectivity index (χ3v) is 7.80. The molecule has 210 valence electrons. The molecule has 1 aliphatic heterocycles. The minimum absolute atomic E-state index is 0.0666. The van der Waals surface area contributed by atoms with Crippen molar-refractivity contribution in [1.29, 1.82) is 0 Å².